The Bertz CT molecular complexity index is 686. The van der Waals surface area contributed by atoms with Crippen LogP contribution in [0.1, 0.15) is 22.6 Å². The lowest BCUT2D eigenvalue weighted by Gasteiger charge is -2.28. The zero-order chi connectivity index (χ0) is 16.2. The van der Waals surface area contributed by atoms with E-state index in [4.69, 9.17) is 0 Å². The van der Waals surface area contributed by atoms with Crippen molar-refractivity contribution >= 4 is 5.91 Å². The van der Waals surface area contributed by atoms with Crippen LogP contribution in [-0.2, 0) is 0 Å². The first-order valence-electron chi connectivity index (χ1n) is 7.67. The third kappa shape index (κ3) is 3.54. The highest BCUT2D eigenvalue weighted by Crippen LogP contribution is 2.13. The summed E-state index contributed by atoms with van der Waals surface area (Å²) in [6, 6.07) is 7.14. The first-order valence-corrected chi connectivity index (χ1v) is 7.67. The van der Waals surface area contributed by atoms with Crippen LogP contribution in [-0.4, -0.2) is 57.0 Å². The van der Waals surface area contributed by atoms with Gasteiger partial charge in [0.05, 0.1) is 11.8 Å². The Balaban J connectivity index is 1.67. The van der Waals surface area contributed by atoms with Crippen LogP contribution < -0.4 is 10.6 Å². The molecular weight excluding hydrogens is 296 g/mol. The minimum Gasteiger partial charge on any atom is -0.391 e. The van der Waals surface area contributed by atoms with Crippen LogP contribution in [0.3, 0.4) is 0 Å². The molecule has 0 saturated carbocycles. The SMILES string of the molecule is Cc1nnnn1-c1cccc(C(=O)NC[C@@H]2CCNC[C@H]2O)c1. The summed E-state index contributed by atoms with van der Waals surface area (Å²) in [5.74, 6) is 0.578. The number of amides is 1. The number of carbonyl (C=O) groups is 1. The molecule has 1 aliphatic heterocycles. The van der Waals surface area contributed by atoms with E-state index >= 15 is 0 Å². The Morgan fingerprint density at radius 3 is 3.13 bits per heavy atom. The summed E-state index contributed by atoms with van der Waals surface area (Å²) >= 11 is 0. The maximum atomic E-state index is 12.3. The standard InChI is InChI=1S/C15H20N6O2/c1-10-18-19-20-21(10)13-4-2-3-11(7-13)15(23)17-8-12-5-6-16-9-14(12)22/h2-4,7,12,14,16,22H,5-6,8-9H2,1H3,(H,17,23)/t12-,14+/m0/s1. The van der Waals surface area contributed by atoms with E-state index in [0.717, 1.165) is 18.7 Å². The number of piperidine rings is 1. The number of hydrogen-bond donors (Lipinski definition) is 3. The van der Waals surface area contributed by atoms with E-state index in [0.29, 0.717) is 24.5 Å². The number of rotatable bonds is 4. The fraction of sp³-hybridized carbons (Fsp3) is 0.467. The second kappa shape index (κ2) is 6.84. The third-order valence-corrected chi connectivity index (χ3v) is 4.09. The number of tetrazole rings is 1. The van der Waals surface area contributed by atoms with E-state index in [9.17, 15) is 9.90 Å². The number of β-amino-alcohol motifs (C(OH)–C–C–N with tert-alkyl or cyclic N) is 1. The number of aromatic nitrogens is 4. The average Bonchev–Trinajstić information content (AvgIpc) is 3.00. The van der Waals surface area contributed by atoms with Crippen molar-refractivity contribution < 1.29 is 9.90 Å². The molecule has 2 aromatic rings. The van der Waals surface area contributed by atoms with Crippen molar-refractivity contribution in [1.29, 1.82) is 0 Å². The van der Waals surface area contributed by atoms with Crippen molar-refractivity contribution in [2.45, 2.75) is 19.4 Å². The van der Waals surface area contributed by atoms with Gasteiger partial charge in [0.1, 0.15) is 0 Å². The zero-order valence-corrected chi connectivity index (χ0v) is 12.9. The van der Waals surface area contributed by atoms with Gasteiger partial charge in [-0.05, 0) is 48.5 Å². The molecule has 1 aromatic heterocycles. The maximum Gasteiger partial charge on any atom is 0.251 e. The van der Waals surface area contributed by atoms with Gasteiger partial charge >= 0.3 is 0 Å². The van der Waals surface area contributed by atoms with Crippen molar-refractivity contribution in [3.8, 4) is 5.69 Å². The molecule has 0 spiro atoms. The number of benzene rings is 1. The lowest BCUT2D eigenvalue weighted by Crippen LogP contribution is -2.45. The summed E-state index contributed by atoms with van der Waals surface area (Å²) in [4.78, 5) is 12.3. The number of nitrogens with zero attached hydrogens (tertiary/aromatic N) is 4. The highest BCUT2D eigenvalue weighted by atomic mass is 16.3. The summed E-state index contributed by atoms with van der Waals surface area (Å²) < 4.78 is 1.58. The van der Waals surface area contributed by atoms with Gasteiger partial charge in [-0.1, -0.05) is 6.07 Å². The summed E-state index contributed by atoms with van der Waals surface area (Å²) in [6.07, 6.45) is 0.435. The summed E-state index contributed by atoms with van der Waals surface area (Å²) in [7, 11) is 0. The minimum absolute atomic E-state index is 0.0881. The predicted molar refractivity (Wildman–Crippen MR) is 83.2 cm³/mol. The molecule has 3 rings (SSSR count). The molecule has 1 aliphatic rings. The van der Waals surface area contributed by atoms with E-state index < -0.39 is 6.10 Å². The topological polar surface area (TPSA) is 105 Å². The fourth-order valence-electron chi connectivity index (χ4n) is 2.71. The molecule has 1 saturated heterocycles. The smallest absolute Gasteiger partial charge is 0.251 e. The van der Waals surface area contributed by atoms with Crippen molar-refractivity contribution in [1.82, 2.24) is 30.8 Å². The summed E-state index contributed by atoms with van der Waals surface area (Å²) in [5.41, 5.74) is 1.28. The normalized spacial score (nSPS) is 21.1. The maximum absolute atomic E-state index is 12.3. The van der Waals surface area contributed by atoms with E-state index in [-0.39, 0.29) is 11.8 Å². The number of nitrogens with one attached hydrogen (secondary N) is 2. The van der Waals surface area contributed by atoms with Gasteiger partial charge in [0.2, 0.25) is 0 Å². The van der Waals surface area contributed by atoms with Crippen LogP contribution >= 0.6 is 0 Å². The lowest BCUT2D eigenvalue weighted by atomic mass is 9.95. The number of aryl methyl sites for hydroxylation is 1. The monoisotopic (exact) mass is 316 g/mol. The van der Waals surface area contributed by atoms with Crippen LogP contribution in [0.25, 0.3) is 5.69 Å². The van der Waals surface area contributed by atoms with Gasteiger partial charge in [-0.15, -0.1) is 5.10 Å². The Hall–Kier alpha value is -2.32. The highest BCUT2D eigenvalue weighted by molar-refractivity contribution is 5.94. The van der Waals surface area contributed by atoms with E-state index in [1.807, 2.05) is 6.07 Å². The van der Waals surface area contributed by atoms with Gasteiger partial charge in [-0.25, -0.2) is 0 Å². The Morgan fingerprint density at radius 2 is 2.39 bits per heavy atom. The highest BCUT2D eigenvalue weighted by Gasteiger charge is 2.23. The van der Waals surface area contributed by atoms with Crippen LogP contribution in [0.4, 0.5) is 0 Å². The van der Waals surface area contributed by atoms with Crippen LogP contribution in [0.5, 0.6) is 0 Å². The molecular formula is C15H20N6O2. The van der Waals surface area contributed by atoms with E-state index in [1.165, 1.54) is 0 Å². The largest absolute Gasteiger partial charge is 0.391 e. The van der Waals surface area contributed by atoms with Crippen molar-refractivity contribution in [2.75, 3.05) is 19.6 Å². The summed E-state index contributed by atoms with van der Waals surface area (Å²) in [5, 5.41) is 27.3. The fourth-order valence-corrected chi connectivity index (χ4v) is 2.71. The molecule has 1 aromatic carbocycles. The molecule has 0 unspecified atom stereocenters. The molecule has 122 valence electrons. The molecule has 2 heterocycles. The number of aliphatic hydroxyl groups is 1. The van der Waals surface area contributed by atoms with Gasteiger partial charge < -0.3 is 15.7 Å². The van der Waals surface area contributed by atoms with Crippen molar-refractivity contribution in [3.63, 3.8) is 0 Å². The molecule has 1 amide bonds. The predicted octanol–water partition coefficient (Wildman–Crippen LogP) is -0.329. The summed E-state index contributed by atoms with van der Waals surface area (Å²) in [6.45, 7) is 3.71. The van der Waals surface area contributed by atoms with Crippen molar-refractivity contribution in [3.05, 3.63) is 35.7 Å². The number of hydrogen-bond acceptors (Lipinski definition) is 6. The first kappa shape index (κ1) is 15.6. The molecule has 2 atom stereocenters. The van der Waals surface area contributed by atoms with Gasteiger partial charge in [0.15, 0.2) is 5.82 Å². The number of carbonyl (C=O) groups excluding carboxylic acids is 1. The third-order valence-electron chi connectivity index (χ3n) is 4.09. The minimum atomic E-state index is -0.417. The van der Waals surface area contributed by atoms with Crippen LogP contribution in [0.15, 0.2) is 24.3 Å². The second-order valence-corrected chi connectivity index (χ2v) is 5.72. The number of aliphatic hydroxyl groups excluding tert-OH is 1. The van der Waals surface area contributed by atoms with Crippen LogP contribution in [0, 0.1) is 12.8 Å². The average molecular weight is 316 g/mol. The Kier molecular flexibility index (Phi) is 4.63. The van der Waals surface area contributed by atoms with Crippen molar-refractivity contribution in [2.24, 2.45) is 5.92 Å². The molecule has 8 heteroatoms. The second-order valence-electron chi connectivity index (χ2n) is 5.72. The molecule has 3 N–H and O–H groups in total. The molecule has 8 nitrogen and oxygen atoms in total. The molecule has 0 aliphatic carbocycles. The van der Waals surface area contributed by atoms with E-state index in [1.54, 1.807) is 29.8 Å². The van der Waals surface area contributed by atoms with Gasteiger partial charge in [-0.3, -0.25) is 4.79 Å². The quantitative estimate of drug-likeness (QED) is 0.713. The van der Waals surface area contributed by atoms with Gasteiger partial charge in [-0.2, -0.15) is 4.68 Å². The molecule has 23 heavy (non-hydrogen) atoms. The molecule has 1 fully saturated rings. The Morgan fingerprint density at radius 1 is 1.52 bits per heavy atom. The van der Waals surface area contributed by atoms with Crippen LogP contribution in [0.2, 0.25) is 0 Å². The first-order chi connectivity index (χ1) is 11.1. The van der Waals surface area contributed by atoms with E-state index in [2.05, 4.69) is 26.2 Å². The molecule has 0 bridgehead atoms. The zero-order valence-electron chi connectivity index (χ0n) is 12.9. The van der Waals surface area contributed by atoms with Gasteiger partial charge in [0, 0.05) is 24.6 Å². The molecule has 0 radical (unpaired) electrons. The van der Waals surface area contributed by atoms with Gasteiger partial charge in [0.25, 0.3) is 5.91 Å². The lowest BCUT2D eigenvalue weighted by molar-refractivity contribution is 0.0753. The Labute approximate surface area is 133 Å².